The summed E-state index contributed by atoms with van der Waals surface area (Å²) >= 11 is 6.10. The Kier molecular flexibility index (Phi) is 3.30. The predicted molar refractivity (Wildman–Crippen MR) is 69.3 cm³/mol. The highest BCUT2D eigenvalue weighted by molar-refractivity contribution is 6.33. The van der Waals surface area contributed by atoms with Gasteiger partial charge in [0.2, 0.25) is 11.8 Å². The van der Waals surface area contributed by atoms with Crippen LogP contribution in [0.3, 0.4) is 0 Å². The number of nitrogens with zero attached hydrogens (tertiary/aromatic N) is 3. The average Bonchev–Trinajstić information content (AvgIpc) is 3.02. The third-order valence-electron chi connectivity index (χ3n) is 3.13. The molecule has 2 heterocycles. The van der Waals surface area contributed by atoms with Crippen LogP contribution in [0.25, 0.3) is 11.5 Å². The first-order valence-corrected chi connectivity index (χ1v) is 6.50. The summed E-state index contributed by atoms with van der Waals surface area (Å²) in [5.41, 5.74) is 0.791. The summed E-state index contributed by atoms with van der Waals surface area (Å²) in [6, 6.07) is 7.50. The summed E-state index contributed by atoms with van der Waals surface area (Å²) in [6.45, 7) is 2.96. The number of halogens is 1. The summed E-state index contributed by atoms with van der Waals surface area (Å²) in [5, 5.41) is 8.77. The molecular formula is C13H14ClN3O. The second-order valence-electron chi connectivity index (χ2n) is 4.46. The average molecular weight is 264 g/mol. The summed E-state index contributed by atoms with van der Waals surface area (Å²) < 4.78 is 5.66. The van der Waals surface area contributed by atoms with Gasteiger partial charge in [-0.1, -0.05) is 23.7 Å². The first-order chi connectivity index (χ1) is 8.83. The summed E-state index contributed by atoms with van der Waals surface area (Å²) in [5.74, 6) is 1.15. The quantitative estimate of drug-likeness (QED) is 0.854. The van der Waals surface area contributed by atoms with Crippen molar-refractivity contribution in [2.24, 2.45) is 0 Å². The minimum absolute atomic E-state index is 0.495. The van der Waals surface area contributed by atoms with Gasteiger partial charge in [-0.05, 0) is 38.1 Å². The van der Waals surface area contributed by atoms with Crippen molar-refractivity contribution < 1.29 is 4.42 Å². The molecule has 0 aliphatic carbocycles. The Morgan fingerprint density at radius 3 is 2.72 bits per heavy atom. The fourth-order valence-corrected chi connectivity index (χ4v) is 2.41. The third kappa shape index (κ3) is 2.40. The SMILES string of the molecule is Clc1ccccc1-c1nnc(CN2CCCC2)o1. The molecule has 0 atom stereocenters. The standard InChI is InChI=1S/C13H14ClN3O/c14-11-6-2-1-5-10(11)13-16-15-12(18-13)9-17-7-3-4-8-17/h1-2,5-6H,3-4,7-9H2. The van der Waals surface area contributed by atoms with Crippen LogP contribution < -0.4 is 0 Å². The third-order valence-corrected chi connectivity index (χ3v) is 3.46. The van der Waals surface area contributed by atoms with Crippen molar-refractivity contribution in [3.05, 3.63) is 35.2 Å². The Labute approximate surface area is 111 Å². The molecule has 0 amide bonds. The van der Waals surface area contributed by atoms with E-state index in [4.69, 9.17) is 16.0 Å². The van der Waals surface area contributed by atoms with Crippen LogP contribution in [0.15, 0.2) is 28.7 Å². The van der Waals surface area contributed by atoms with Gasteiger partial charge in [-0.25, -0.2) is 0 Å². The Morgan fingerprint density at radius 1 is 1.17 bits per heavy atom. The molecule has 0 N–H and O–H groups in total. The van der Waals surface area contributed by atoms with Gasteiger partial charge in [0.25, 0.3) is 0 Å². The van der Waals surface area contributed by atoms with Crippen molar-refractivity contribution in [2.75, 3.05) is 13.1 Å². The molecule has 18 heavy (non-hydrogen) atoms. The van der Waals surface area contributed by atoms with E-state index in [9.17, 15) is 0 Å². The van der Waals surface area contributed by atoms with Gasteiger partial charge in [0.05, 0.1) is 17.1 Å². The first kappa shape index (κ1) is 11.7. The van der Waals surface area contributed by atoms with Gasteiger partial charge in [0.15, 0.2) is 0 Å². The first-order valence-electron chi connectivity index (χ1n) is 6.12. The fourth-order valence-electron chi connectivity index (χ4n) is 2.19. The molecule has 2 aromatic rings. The number of benzene rings is 1. The molecule has 0 radical (unpaired) electrons. The molecule has 0 bridgehead atoms. The van der Waals surface area contributed by atoms with E-state index in [1.807, 2.05) is 24.3 Å². The molecule has 0 spiro atoms. The zero-order valence-corrected chi connectivity index (χ0v) is 10.7. The number of rotatable bonds is 3. The van der Waals surface area contributed by atoms with Gasteiger partial charge in [-0.2, -0.15) is 0 Å². The Balaban J connectivity index is 1.79. The maximum Gasteiger partial charge on any atom is 0.249 e. The Hall–Kier alpha value is -1.39. The highest BCUT2D eigenvalue weighted by Crippen LogP contribution is 2.26. The molecule has 1 aromatic heterocycles. The molecule has 0 saturated carbocycles. The van der Waals surface area contributed by atoms with E-state index in [2.05, 4.69) is 15.1 Å². The summed E-state index contributed by atoms with van der Waals surface area (Å²) in [7, 11) is 0. The van der Waals surface area contributed by atoms with Crippen LogP contribution in [0.4, 0.5) is 0 Å². The van der Waals surface area contributed by atoms with Crippen LogP contribution in [0.2, 0.25) is 5.02 Å². The lowest BCUT2D eigenvalue weighted by molar-refractivity contribution is 0.292. The van der Waals surface area contributed by atoms with Crippen molar-refractivity contribution in [1.29, 1.82) is 0 Å². The van der Waals surface area contributed by atoms with E-state index in [1.54, 1.807) is 0 Å². The zero-order valence-electron chi connectivity index (χ0n) is 9.97. The van der Waals surface area contributed by atoms with Crippen molar-refractivity contribution in [3.8, 4) is 11.5 Å². The molecule has 1 saturated heterocycles. The second kappa shape index (κ2) is 5.08. The highest BCUT2D eigenvalue weighted by atomic mass is 35.5. The van der Waals surface area contributed by atoms with Gasteiger partial charge < -0.3 is 4.42 Å². The molecule has 1 fully saturated rings. The fraction of sp³-hybridized carbons (Fsp3) is 0.385. The van der Waals surface area contributed by atoms with Gasteiger partial charge in [-0.15, -0.1) is 10.2 Å². The van der Waals surface area contributed by atoms with E-state index in [-0.39, 0.29) is 0 Å². The number of aromatic nitrogens is 2. The van der Waals surface area contributed by atoms with Crippen LogP contribution in [0.5, 0.6) is 0 Å². The maximum absolute atomic E-state index is 6.10. The topological polar surface area (TPSA) is 42.2 Å². The molecular weight excluding hydrogens is 250 g/mol. The van der Waals surface area contributed by atoms with Crippen molar-refractivity contribution in [3.63, 3.8) is 0 Å². The largest absolute Gasteiger partial charge is 0.419 e. The number of hydrogen-bond acceptors (Lipinski definition) is 4. The van der Waals surface area contributed by atoms with Crippen molar-refractivity contribution in [2.45, 2.75) is 19.4 Å². The smallest absolute Gasteiger partial charge is 0.249 e. The highest BCUT2D eigenvalue weighted by Gasteiger charge is 2.16. The van der Waals surface area contributed by atoms with Crippen LogP contribution in [0.1, 0.15) is 18.7 Å². The molecule has 1 aliphatic rings. The van der Waals surface area contributed by atoms with Gasteiger partial charge in [0.1, 0.15) is 0 Å². The van der Waals surface area contributed by atoms with Crippen LogP contribution in [-0.2, 0) is 6.54 Å². The lowest BCUT2D eigenvalue weighted by Crippen LogP contribution is -2.18. The van der Waals surface area contributed by atoms with Gasteiger partial charge in [0, 0.05) is 0 Å². The van der Waals surface area contributed by atoms with E-state index >= 15 is 0 Å². The normalized spacial score (nSPS) is 16.3. The van der Waals surface area contributed by atoms with Crippen LogP contribution >= 0.6 is 11.6 Å². The van der Waals surface area contributed by atoms with Crippen LogP contribution in [0, 0.1) is 0 Å². The monoisotopic (exact) mass is 263 g/mol. The van der Waals surface area contributed by atoms with E-state index in [0.29, 0.717) is 16.8 Å². The number of likely N-dealkylation sites (tertiary alicyclic amines) is 1. The molecule has 5 heteroatoms. The molecule has 0 unspecified atom stereocenters. The van der Waals surface area contributed by atoms with E-state index < -0.39 is 0 Å². The lowest BCUT2D eigenvalue weighted by atomic mass is 10.2. The van der Waals surface area contributed by atoms with Crippen molar-refractivity contribution in [1.82, 2.24) is 15.1 Å². The molecule has 1 aliphatic heterocycles. The zero-order chi connectivity index (χ0) is 12.4. The lowest BCUT2D eigenvalue weighted by Gasteiger charge is -2.10. The summed E-state index contributed by atoms with van der Waals surface area (Å²) in [6.07, 6.45) is 2.51. The van der Waals surface area contributed by atoms with E-state index in [1.165, 1.54) is 12.8 Å². The van der Waals surface area contributed by atoms with Crippen LogP contribution in [-0.4, -0.2) is 28.2 Å². The van der Waals surface area contributed by atoms with Gasteiger partial charge in [-0.3, -0.25) is 4.90 Å². The molecule has 3 rings (SSSR count). The predicted octanol–water partition coefficient (Wildman–Crippen LogP) is 2.99. The Morgan fingerprint density at radius 2 is 1.94 bits per heavy atom. The number of hydrogen-bond donors (Lipinski definition) is 0. The molecule has 94 valence electrons. The maximum atomic E-state index is 6.10. The van der Waals surface area contributed by atoms with Gasteiger partial charge >= 0.3 is 0 Å². The minimum Gasteiger partial charge on any atom is -0.419 e. The van der Waals surface area contributed by atoms with Crippen molar-refractivity contribution >= 4 is 11.6 Å². The second-order valence-corrected chi connectivity index (χ2v) is 4.87. The molecule has 4 nitrogen and oxygen atoms in total. The van der Waals surface area contributed by atoms with E-state index in [0.717, 1.165) is 25.2 Å². The minimum atomic E-state index is 0.495. The molecule has 1 aromatic carbocycles. The Bertz CT molecular complexity index is 535. The summed E-state index contributed by atoms with van der Waals surface area (Å²) in [4.78, 5) is 2.32.